The lowest BCUT2D eigenvalue weighted by Gasteiger charge is -2.36. The molecule has 1 aromatic heterocycles. The minimum atomic E-state index is 0.204. The molecule has 1 aromatic rings. The smallest absolute Gasteiger partial charge is 0.223 e. The minimum absolute atomic E-state index is 0.204. The van der Waals surface area contributed by atoms with Crippen molar-refractivity contribution in [2.24, 2.45) is 5.84 Å². The van der Waals surface area contributed by atoms with Gasteiger partial charge in [-0.15, -0.1) is 0 Å². The predicted octanol–water partition coefficient (Wildman–Crippen LogP) is 0.631. The Labute approximate surface area is 113 Å². The Balaban J connectivity index is 2.07. The molecule has 1 aliphatic carbocycles. The average Bonchev–Trinajstić information content (AvgIpc) is 2.86. The predicted molar refractivity (Wildman–Crippen MR) is 77.6 cm³/mol. The van der Waals surface area contributed by atoms with Gasteiger partial charge in [0.25, 0.3) is 0 Å². The standard InChI is InChI=1S/C12H23N7/c1-19(2)12(5-3-4-6-12)8-15-9-7-10(18-14)17-11(13)16-9/h7H,3-6,8,14H2,1-2H3,(H4,13,15,16,17,18). The van der Waals surface area contributed by atoms with Gasteiger partial charge in [-0.3, -0.25) is 0 Å². The second-order valence-corrected chi connectivity index (χ2v) is 5.32. The van der Waals surface area contributed by atoms with E-state index in [1.807, 2.05) is 0 Å². The van der Waals surface area contributed by atoms with Crippen molar-refractivity contribution in [1.82, 2.24) is 14.9 Å². The van der Waals surface area contributed by atoms with Crippen molar-refractivity contribution >= 4 is 17.6 Å². The molecule has 0 aromatic carbocycles. The largest absolute Gasteiger partial charge is 0.368 e. The Bertz CT molecular complexity index is 426. The van der Waals surface area contributed by atoms with Crippen LogP contribution in [0, 0.1) is 0 Å². The molecule has 106 valence electrons. The van der Waals surface area contributed by atoms with E-state index in [1.165, 1.54) is 25.7 Å². The van der Waals surface area contributed by atoms with Crippen LogP contribution in [0.1, 0.15) is 25.7 Å². The van der Waals surface area contributed by atoms with Crippen molar-refractivity contribution in [2.75, 3.05) is 37.1 Å². The number of rotatable bonds is 5. The molecule has 7 nitrogen and oxygen atoms in total. The molecule has 1 heterocycles. The van der Waals surface area contributed by atoms with Gasteiger partial charge in [-0.2, -0.15) is 9.97 Å². The number of likely N-dealkylation sites (N-methyl/N-ethyl adjacent to an activating group) is 1. The maximum Gasteiger partial charge on any atom is 0.223 e. The van der Waals surface area contributed by atoms with E-state index < -0.39 is 0 Å². The van der Waals surface area contributed by atoms with E-state index in [9.17, 15) is 0 Å². The van der Waals surface area contributed by atoms with Gasteiger partial charge in [0.15, 0.2) is 0 Å². The van der Waals surface area contributed by atoms with E-state index in [2.05, 4.69) is 39.7 Å². The molecule has 1 saturated carbocycles. The van der Waals surface area contributed by atoms with Gasteiger partial charge in [-0.25, -0.2) is 5.84 Å². The zero-order valence-electron chi connectivity index (χ0n) is 11.6. The van der Waals surface area contributed by atoms with Crippen LogP contribution in [0.2, 0.25) is 0 Å². The lowest BCUT2D eigenvalue weighted by atomic mass is 9.96. The SMILES string of the molecule is CN(C)C1(CNc2cc(NN)nc(N)n2)CCCC1. The number of anilines is 3. The number of nitrogen functional groups attached to an aromatic ring is 2. The second kappa shape index (κ2) is 5.58. The summed E-state index contributed by atoms with van der Waals surface area (Å²) in [6, 6.07) is 1.76. The summed E-state index contributed by atoms with van der Waals surface area (Å²) < 4.78 is 0. The fourth-order valence-corrected chi connectivity index (χ4v) is 2.70. The number of nitrogens with zero attached hydrogens (tertiary/aromatic N) is 3. The molecule has 0 bridgehead atoms. The maximum atomic E-state index is 5.64. The lowest BCUT2D eigenvalue weighted by Crippen LogP contribution is -2.47. The Morgan fingerprint density at radius 1 is 1.26 bits per heavy atom. The monoisotopic (exact) mass is 265 g/mol. The highest BCUT2D eigenvalue weighted by Gasteiger charge is 2.35. The van der Waals surface area contributed by atoms with Crippen LogP contribution in [-0.2, 0) is 0 Å². The van der Waals surface area contributed by atoms with Crippen LogP contribution < -0.4 is 22.3 Å². The number of hydrogen-bond donors (Lipinski definition) is 4. The summed E-state index contributed by atoms with van der Waals surface area (Å²) >= 11 is 0. The van der Waals surface area contributed by atoms with Crippen LogP contribution in [0.15, 0.2) is 6.07 Å². The van der Waals surface area contributed by atoms with Crippen molar-refractivity contribution in [3.8, 4) is 0 Å². The molecule has 0 unspecified atom stereocenters. The lowest BCUT2D eigenvalue weighted by molar-refractivity contribution is 0.172. The molecule has 1 aliphatic rings. The van der Waals surface area contributed by atoms with E-state index in [0.717, 1.165) is 6.54 Å². The van der Waals surface area contributed by atoms with Gasteiger partial charge in [0.2, 0.25) is 5.95 Å². The molecule has 6 N–H and O–H groups in total. The fourth-order valence-electron chi connectivity index (χ4n) is 2.70. The number of nitrogens with one attached hydrogen (secondary N) is 2. The van der Waals surface area contributed by atoms with Crippen molar-refractivity contribution in [3.05, 3.63) is 6.07 Å². The highest BCUT2D eigenvalue weighted by Crippen LogP contribution is 2.33. The average molecular weight is 265 g/mol. The van der Waals surface area contributed by atoms with Gasteiger partial charge in [0, 0.05) is 18.2 Å². The molecule has 19 heavy (non-hydrogen) atoms. The highest BCUT2D eigenvalue weighted by atomic mass is 15.3. The first-order valence-electron chi connectivity index (χ1n) is 6.58. The third-order valence-corrected chi connectivity index (χ3v) is 3.97. The summed E-state index contributed by atoms with van der Waals surface area (Å²) in [7, 11) is 4.27. The van der Waals surface area contributed by atoms with Crippen LogP contribution in [0.5, 0.6) is 0 Å². The molecule has 7 heteroatoms. The van der Waals surface area contributed by atoms with Gasteiger partial charge in [0.1, 0.15) is 11.6 Å². The minimum Gasteiger partial charge on any atom is -0.368 e. The Morgan fingerprint density at radius 3 is 2.47 bits per heavy atom. The fraction of sp³-hybridized carbons (Fsp3) is 0.667. The first-order chi connectivity index (χ1) is 9.05. The van der Waals surface area contributed by atoms with Crippen LogP contribution >= 0.6 is 0 Å². The quantitative estimate of drug-likeness (QED) is 0.457. The molecule has 0 spiro atoms. The van der Waals surface area contributed by atoms with Crippen LogP contribution in [-0.4, -0.2) is 41.0 Å². The van der Waals surface area contributed by atoms with Gasteiger partial charge >= 0.3 is 0 Å². The maximum absolute atomic E-state index is 5.64. The number of aromatic nitrogens is 2. The molecule has 2 rings (SSSR count). The van der Waals surface area contributed by atoms with Gasteiger partial charge in [-0.1, -0.05) is 12.8 Å². The van der Waals surface area contributed by atoms with E-state index in [4.69, 9.17) is 11.6 Å². The Hall–Kier alpha value is -1.60. The van der Waals surface area contributed by atoms with Crippen molar-refractivity contribution in [2.45, 2.75) is 31.2 Å². The molecular weight excluding hydrogens is 242 g/mol. The topological polar surface area (TPSA) is 105 Å². The Kier molecular flexibility index (Phi) is 4.06. The summed E-state index contributed by atoms with van der Waals surface area (Å²) in [5.74, 6) is 6.78. The second-order valence-electron chi connectivity index (χ2n) is 5.32. The Morgan fingerprint density at radius 2 is 1.89 bits per heavy atom. The van der Waals surface area contributed by atoms with Gasteiger partial charge < -0.3 is 21.4 Å². The number of nitrogens with two attached hydrogens (primary N) is 2. The van der Waals surface area contributed by atoms with E-state index in [1.54, 1.807) is 6.07 Å². The van der Waals surface area contributed by atoms with Gasteiger partial charge in [0.05, 0.1) is 0 Å². The number of hydrogen-bond acceptors (Lipinski definition) is 7. The highest BCUT2D eigenvalue weighted by molar-refractivity contribution is 5.50. The van der Waals surface area contributed by atoms with Crippen molar-refractivity contribution in [1.29, 1.82) is 0 Å². The van der Waals surface area contributed by atoms with Crippen LogP contribution in [0.25, 0.3) is 0 Å². The normalized spacial score (nSPS) is 17.7. The third-order valence-electron chi connectivity index (χ3n) is 3.97. The summed E-state index contributed by atoms with van der Waals surface area (Å²) in [4.78, 5) is 10.4. The first-order valence-corrected chi connectivity index (χ1v) is 6.58. The molecule has 0 amide bonds. The van der Waals surface area contributed by atoms with E-state index >= 15 is 0 Å². The van der Waals surface area contributed by atoms with Gasteiger partial charge in [-0.05, 0) is 26.9 Å². The summed E-state index contributed by atoms with van der Waals surface area (Å²) in [5.41, 5.74) is 8.33. The summed E-state index contributed by atoms with van der Waals surface area (Å²) in [5, 5.41) is 3.36. The first kappa shape index (κ1) is 13.8. The summed E-state index contributed by atoms with van der Waals surface area (Å²) in [6.07, 6.45) is 4.97. The molecule has 0 atom stereocenters. The zero-order valence-corrected chi connectivity index (χ0v) is 11.6. The van der Waals surface area contributed by atoms with E-state index in [0.29, 0.717) is 11.6 Å². The van der Waals surface area contributed by atoms with Crippen LogP contribution in [0.3, 0.4) is 0 Å². The molecule has 1 fully saturated rings. The molecular formula is C12H23N7. The van der Waals surface area contributed by atoms with Crippen molar-refractivity contribution in [3.63, 3.8) is 0 Å². The molecule has 0 radical (unpaired) electrons. The third kappa shape index (κ3) is 3.05. The van der Waals surface area contributed by atoms with Crippen molar-refractivity contribution < 1.29 is 0 Å². The zero-order chi connectivity index (χ0) is 13.9. The molecule has 0 saturated heterocycles. The number of hydrazine groups is 1. The van der Waals surface area contributed by atoms with E-state index in [-0.39, 0.29) is 11.5 Å². The summed E-state index contributed by atoms with van der Waals surface area (Å²) in [6.45, 7) is 0.848. The molecule has 0 aliphatic heterocycles. The van der Waals surface area contributed by atoms with Crippen LogP contribution in [0.4, 0.5) is 17.6 Å².